The third-order valence-corrected chi connectivity index (χ3v) is 3.47. The number of nitrogens with two attached hydrogens (primary N) is 1. The first-order valence-electron chi connectivity index (χ1n) is 5.57. The number of aromatic nitrogens is 3. The van der Waals surface area contributed by atoms with Crippen LogP contribution in [0.1, 0.15) is 5.69 Å². The molecule has 2 heterocycles. The van der Waals surface area contributed by atoms with Crippen molar-refractivity contribution in [1.82, 2.24) is 14.5 Å². The van der Waals surface area contributed by atoms with E-state index in [4.69, 9.17) is 10.3 Å². The Kier molecular flexibility index (Phi) is 2.94. The van der Waals surface area contributed by atoms with Crippen LogP contribution in [0.25, 0.3) is 22.8 Å². The van der Waals surface area contributed by atoms with E-state index in [1.165, 1.54) is 6.07 Å². The van der Waals surface area contributed by atoms with E-state index in [0.717, 1.165) is 23.7 Å². The van der Waals surface area contributed by atoms with E-state index >= 15 is 0 Å². The predicted octanol–water partition coefficient (Wildman–Crippen LogP) is 3.03. The van der Waals surface area contributed by atoms with Gasteiger partial charge in [0.15, 0.2) is 11.6 Å². The van der Waals surface area contributed by atoms with Gasteiger partial charge in [0.1, 0.15) is 5.00 Å². The second-order valence-corrected chi connectivity index (χ2v) is 4.86. The van der Waals surface area contributed by atoms with Crippen molar-refractivity contribution in [3.63, 3.8) is 0 Å². The lowest BCUT2D eigenvalue weighted by Gasteiger charge is -1.95. The molecule has 0 aliphatic heterocycles. The molecule has 5 nitrogen and oxygen atoms in total. The highest BCUT2D eigenvalue weighted by Gasteiger charge is 2.18. The summed E-state index contributed by atoms with van der Waals surface area (Å²) in [6.45, 7) is 1.77. The van der Waals surface area contributed by atoms with Crippen LogP contribution >= 0.6 is 11.5 Å². The van der Waals surface area contributed by atoms with E-state index in [2.05, 4.69) is 14.5 Å². The zero-order valence-corrected chi connectivity index (χ0v) is 11.0. The second kappa shape index (κ2) is 4.64. The molecule has 0 spiro atoms. The highest BCUT2D eigenvalue weighted by atomic mass is 32.1. The number of nitrogens with zero attached hydrogens (tertiary/aromatic N) is 3. The molecule has 0 aliphatic rings. The minimum absolute atomic E-state index is 0.156. The number of aryl methyl sites for hydroxylation is 1. The molecule has 0 radical (unpaired) electrons. The standard InChI is InChI=1S/C12H8F2N4OS/c1-5-9(10(15)20-18-5)12-16-11(17-19-12)6-2-3-7(13)8(14)4-6/h2-4H,15H2,1H3. The normalized spacial score (nSPS) is 10.9. The number of nitrogen functional groups attached to an aromatic ring is 1. The molecule has 0 aliphatic carbocycles. The van der Waals surface area contributed by atoms with Crippen LogP contribution in [0.4, 0.5) is 13.8 Å². The number of benzene rings is 1. The van der Waals surface area contributed by atoms with Gasteiger partial charge in [-0.3, -0.25) is 0 Å². The van der Waals surface area contributed by atoms with E-state index < -0.39 is 11.6 Å². The van der Waals surface area contributed by atoms with E-state index in [9.17, 15) is 8.78 Å². The molecule has 1 aromatic carbocycles. The van der Waals surface area contributed by atoms with Crippen LogP contribution < -0.4 is 5.73 Å². The van der Waals surface area contributed by atoms with Gasteiger partial charge in [0.05, 0.1) is 11.3 Å². The molecule has 3 rings (SSSR count). The molecule has 0 atom stereocenters. The number of halogens is 2. The maximum absolute atomic E-state index is 13.2. The summed E-state index contributed by atoms with van der Waals surface area (Å²) in [5.74, 6) is -1.54. The first kappa shape index (κ1) is 12.7. The number of anilines is 1. The van der Waals surface area contributed by atoms with Gasteiger partial charge in [0.25, 0.3) is 5.89 Å². The summed E-state index contributed by atoms with van der Waals surface area (Å²) in [6.07, 6.45) is 0. The second-order valence-electron chi connectivity index (χ2n) is 4.06. The lowest BCUT2D eigenvalue weighted by molar-refractivity contribution is 0.432. The summed E-state index contributed by atoms with van der Waals surface area (Å²) in [7, 11) is 0. The first-order valence-corrected chi connectivity index (χ1v) is 6.35. The summed E-state index contributed by atoms with van der Waals surface area (Å²) in [5, 5.41) is 4.20. The van der Waals surface area contributed by atoms with Crippen LogP contribution in [0.2, 0.25) is 0 Å². The topological polar surface area (TPSA) is 77.8 Å². The van der Waals surface area contributed by atoms with Crippen molar-refractivity contribution in [2.45, 2.75) is 6.92 Å². The maximum atomic E-state index is 13.2. The fourth-order valence-electron chi connectivity index (χ4n) is 1.72. The molecule has 20 heavy (non-hydrogen) atoms. The van der Waals surface area contributed by atoms with Crippen LogP contribution in [0.5, 0.6) is 0 Å². The van der Waals surface area contributed by atoms with E-state index in [0.29, 0.717) is 21.8 Å². The summed E-state index contributed by atoms with van der Waals surface area (Å²) in [5.41, 5.74) is 7.34. The largest absolute Gasteiger partial charge is 0.389 e. The Morgan fingerprint density at radius 2 is 2.05 bits per heavy atom. The minimum atomic E-state index is -0.971. The molecule has 0 unspecified atom stereocenters. The lowest BCUT2D eigenvalue weighted by atomic mass is 10.2. The van der Waals surface area contributed by atoms with Crippen molar-refractivity contribution in [3.8, 4) is 22.8 Å². The Morgan fingerprint density at radius 1 is 1.25 bits per heavy atom. The first-order chi connectivity index (χ1) is 9.56. The zero-order chi connectivity index (χ0) is 14.3. The van der Waals surface area contributed by atoms with Crippen molar-refractivity contribution < 1.29 is 13.3 Å². The van der Waals surface area contributed by atoms with E-state index in [1.54, 1.807) is 6.92 Å². The summed E-state index contributed by atoms with van der Waals surface area (Å²) < 4.78 is 35.3. The minimum Gasteiger partial charge on any atom is -0.389 e. The van der Waals surface area contributed by atoms with Gasteiger partial charge >= 0.3 is 0 Å². The number of hydrogen-bond acceptors (Lipinski definition) is 6. The van der Waals surface area contributed by atoms with Crippen LogP contribution in [-0.4, -0.2) is 14.5 Å². The molecule has 2 N–H and O–H groups in total. The Morgan fingerprint density at radius 3 is 2.70 bits per heavy atom. The highest BCUT2D eigenvalue weighted by Crippen LogP contribution is 2.32. The van der Waals surface area contributed by atoms with Crippen LogP contribution in [-0.2, 0) is 0 Å². The van der Waals surface area contributed by atoms with Gasteiger partial charge in [-0.25, -0.2) is 8.78 Å². The van der Waals surface area contributed by atoms with Gasteiger partial charge in [-0.05, 0) is 36.7 Å². The fourth-order valence-corrected chi connectivity index (χ4v) is 2.38. The van der Waals surface area contributed by atoms with Crippen LogP contribution in [0.15, 0.2) is 22.7 Å². The van der Waals surface area contributed by atoms with Gasteiger partial charge in [-0.15, -0.1) is 0 Å². The molecule has 3 aromatic rings. The van der Waals surface area contributed by atoms with E-state index in [-0.39, 0.29) is 11.7 Å². The highest BCUT2D eigenvalue weighted by molar-refractivity contribution is 7.10. The molecule has 0 amide bonds. The van der Waals surface area contributed by atoms with Gasteiger partial charge in [0, 0.05) is 5.56 Å². The maximum Gasteiger partial charge on any atom is 0.263 e. The molecule has 0 bridgehead atoms. The van der Waals surface area contributed by atoms with E-state index in [1.807, 2.05) is 0 Å². The van der Waals surface area contributed by atoms with Gasteiger partial charge in [0.2, 0.25) is 5.82 Å². The fraction of sp³-hybridized carbons (Fsp3) is 0.0833. The zero-order valence-electron chi connectivity index (χ0n) is 10.2. The Hall–Kier alpha value is -2.35. The van der Waals surface area contributed by atoms with Crippen molar-refractivity contribution >= 4 is 16.5 Å². The molecule has 2 aromatic heterocycles. The molecule has 0 fully saturated rings. The average Bonchev–Trinajstić information content (AvgIpc) is 3.00. The lowest BCUT2D eigenvalue weighted by Crippen LogP contribution is -1.88. The van der Waals surface area contributed by atoms with Gasteiger partial charge in [-0.1, -0.05) is 5.16 Å². The third kappa shape index (κ3) is 2.03. The molecular weight excluding hydrogens is 286 g/mol. The third-order valence-electron chi connectivity index (χ3n) is 2.71. The molecular formula is C12H8F2N4OS. The smallest absolute Gasteiger partial charge is 0.263 e. The Labute approximate surface area is 116 Å². The summed E-state index contributed by atoms with van der Waals surface area (Å²) in [4.78, 5) is 4.14. The van der Waals surface area contributed by atoms with Gasteiger partial charge < -0.3 is 10.3 Å². The summed E-state index contributed by atoms with van der Waals surface area (Å²) >= 11 is 1.13. The molecule has 102 valence electrons. The monoisotopic (exact) mass is 294 g/mol. The average molecular weight is 294 g/mol. The molecule has 0 saturated carbocycles. The number of hydrogen-bond donors (Lipinski definition) is 1. The van der Waals surface area contributed by atoms with Crippen molar-refractivity contribution in [2.75, 3.05) is 5.73 Å². The Balaban J connectivity index is 2.04. The predicted molar refractivity (Wildman–Crippen MR) is 69.9 cm³/mol. The van der Waals surface area contributed by atoms with Crippen LogP contribution in [0, 0.1) is 18.6 Å². The molecule has 8 heteroatoms. The SMILES string of the molecule is Cc1nsc(N)c1-c1nc(-c2ccc(F)c(F)c2)no1. The molecule has 0 saturated heterocycles. The Bertz CT molecular complexity index is 764. The van der Waals surface area contributed by atoms with Crippen molar-refractivity contribution in [1.29, 1.82) is 0 Å². The van der Waals surface area contributed by atoms with Gasteiger partial charge in [-0.2, -0.15) is 9.36 Å². The summed E-state index contributed by atoms with van der Waals surface area (Å²) in [6, 6.07) is 3.38. The van der Waals surface area contributed by atoms with Crippen molar-refractivity contribution in [2.24, 2.45) is 0 Å². The van der Waals surface area contributed by atoms with Crippen LogP contribution in [0.3, 0.4) is 0 Å². The number of rotatable bonds is 2. The quantitative estimate of drug-likeness (QED) is 0.786. The van der Waals surface area contributed by atoms with Crippen molar-refractivity contribution in [3.05, 3.63) is 35.5 Å².